The summed E-state index contributed by atoms with van der Waals surface area (Å²) >= 11 is 0. The number of aliphatic carboxylic acids is 1. The molecule has 2 aliphatic heterocycles. The maximum Gasteiger partial charge on any atom is 0.292 e. The molecule has 10 heteroatoms. The van der Waals surface area contributed by atoms with Gasteiger partial charge in [0.05, 0.1) is 10.3 Å². The zero-order chi connectivity index (χ0) is 22.1. The first-order valence-corrected chi connectivity index (χ1v) is 9.84. The molecular formula is C20H24N4O6. The fraction of sp³-hybridized carbons (Fsp3) is 0.500. The van der Waals surface area contributed by atoms with Crippen LogP contribution in [-0.2, 0) is 14.4 Å². The molecule has 2 heterocycles. The highest BCUT2D eigenvalue weighted by molar-refractivity contribution is 5.97. The SMILES string of the molecule is CCN1CC(=O)N2CCCC(C=O)(C(C)C(=O)[O-])C2N[N+](=O)c2cccc(c2)C1=O. The highest BCUT2D eigenvalue weighted by Crippen LogP contribution is 2.40. The highest BCUT2D eigenvalue weighted by Gasteiger charge is 2.53. The third-order valence-electron chi connectivity index (χ3n) is 6.09. The van der Waals surface area contributed by atoms with Gasteiger partial charge in [-0.05, 0) is 25.8 Å². The summed E-state index contributed by atoms with van der Waals surface area (Å²) in [7, 11) is 0. The predicted octanol–water partition coefficient (Wildman–Crippen LogP) is -0.403. The van der Waals surface area contributed by atoms with Crippen molar-refractivity contribution in [2.45, 2.75) is 32.9 Å². The van der Waals surface area contributed by atoms with Gasteiger partial charge in [-0.1, -0.05) is 13.0 Å². The Hall–Kier alpha value is -3.30. The van der Waals surface area contributed by atoms with Gasteiger partial charge >= 0.3 is 0 Å². The number of carbonyl (C=O) groups is 4. The summed E-state index contributed by atoms with van der Waals surface area (Å²) in [6.07, 6.45) is -0.182. The molecule has 2 amide bonds. The van der Waals surface area contributed by atoms with Gasteiger partial charge in [-0.3, -0.25) is 9.59 Å². The Balaban J connectivity index is 2.14. The van der Waals surface area contributed by atoms with E-state index in [1.54, 1.807) is 13.0 Å². The van der Waals surface area contributed by atoms with E-state index < -0.39 is 35.3 Å². The number of nitrogens with zero attached hydrogens (tertiary/aromatic N) is 3. The van der Waals surface area contributed by atoms with Crippen molar-refractivity contribution in [1.82, 2.24) is 15.2 Å². The number of hydrazine groups is 1. The molecule has 0 aliphatic carbocycles. The topological polar surface area (TPSA) is 130 Å². The van der Waals surface area contributed by atoms with E-state index in [1.807, 2.05) is 0 Å². The Morgan fingerprint density at radius 1 is 1.43 bits per heavy atom. The summed E-state index contributed by atoms with van der Waals surface area (Å²) in [5.74, 6) is -3.59. The summed E-state index contributed by atoms with van der Waals surface area (Å²) in [5, 5.41) is 11.7. The Kier molecular flexibility index (Phi) is 5.86. The monoisotopic (exact) mass is 416 g/mol. The molecule has 1 saturated heterocycles. The molecule has 0 radical (unpaired) electrons. The largest absolute Gasteiger partial charge is 0.550 e. The minimum absolute atomic E-state index is 0.0951. The molecule has 160 valence electrons. The van der Waals surface area contributed by atoms with E-state index >= 15 is 0 Å². The van der Waals surface area contributed by atoms with Crippen LogP contribution in [0.3, 0.4) is 0 Å². The average Bonchev–Trinajstić information content (AvgIpc) is 2.76. The predicted molar refractivity (Wildman–Crippen MR) is 102 cm³/mol. The van der Waals surface area contributed by atoms with E-state index in [4.69, 9.17) is 0 Å². The van der Waals surface area contributed by atoms with Gasteiger partial charge < -0.3 is 24.5 Å². The second-order valence-electron chi connectivity index (χ2n) is 7.66. The quantitative estimate of drug-likeness (QED) is 0.522. The number of rotatable bonds is 4. The minimum atomic E-state index is -1.57. The summed E-state index contributed by atoms with van der Waals surface area (Å²) < 4.78 is 0. The van der Waals surface area contributed by atoms with Gasteiger partial charge in [0.1, 0.15) is 12.8 Å². The summed E-state index contributed by atoms with van der Waals surface area (Å²) in [6, 6.07) is 5.95. The number of nitrogens with one attached hydrogen (secondary N) is 1. The molecule has 3 rings (SSSR count). The standard InChI is InChI=1S/C20H24N4O6/c1-3-22-11-16(26)23-9-5-8-20(12-25,13(2)18(28)29)19(23)21-24(30)15-7-4-6-14(10-15)17(22)27/h4,6-7,10,12-13,19H,3,5,8-9,11H2,1-2H3,(H-,21,28,29,30). The molecule has 1 fully saturated rings. The van der Waals surface area contributed by atoms with Crippen molar-refractivity contribution >= 4 is 29.8 Å². The van der Waals surface area contributed by atoms with Crippen LogP contribution in [0.1, 0.15) is 37.0 Å². The highest BCUT2D eigenvalue weighted by atomic mass is 16.4. The number of fused-ring (bicyclic) bond motifs is 3. The maximum absolute atomic E-state index is 13.1. The number of amides is 2. The molecular weight excluding hydrogens is 392 g/mol. The van der Waals surface area contributed by atoms with Gasteiger partial charge in [-0.2, -0.15) is 0 Å². The van der Waals surface area contributed by atoms with Crippen LogP contribution in [0.5, 0.6) is 0 Å². The second kappa shape index (κ2) is 8.21. The van der Waals surface area contributed by atoms with Crippen molar-refractivity contribution in [3.8, 4) is 0 Å². The number of carboxylic acid groups (broad SMARTS) is 1. The lowest BCUT2D eigenvalue weighted by Gasteiger charge is -2.48. The summed E-state index contributed by atoms with van der Waals surface area (Å²) in [4.78, 5) is 65.7. The van der Waals surface area contributed by atoms with E-state index in [2.05, 4.69) is 5.43 Å². The fourth-order valence-corrected chi connectivity index (χ4v) is 4.18. The van der Waals surface area contributed by atoms with Crippen molar-refractivity contribution < 1.29 is 29.2 Å². The molecule has 3 atom stereocenters. The van der Waals surface area contributed by atoms with Crippen LogP contribution >= 0.6 is 0 Å². The van der Waals surface area contributed by atoms with Crippen molar-refractivity contribution in [2.75, 3.05) is 19.6 Å². The number of benzene rings is 1. The molecule has 1 aromatic carbocycles. The number of piperidine rings is 1. The third-order valence-corrected chi connectivity index (χ3v) is 6.09. The zero-order valence-electron chi connectivity index (χ0n) is 16.9. The molecule has 10 nitrogen and oxygen atoms in total. The first-order chi connectivity index (χ1) is 14.2. The number of likely N-dealkylation sites (N-methyl/N-ethyl adjacent to an activating group) is 1. The van der Waals surface area contributed by atoms with Gasteiger partial charge in [0.25, 0.3) is 11.6 Å². The van der Waals surface area contributed by atoms with Gasteiger partial charge in [-0.25, -0.2) is 0 Å². The van der Waals surface area contributed by atoms with Crippen LogP contribution in [0, 0.1) is 16.2 Å². The average molecular weight is 416 g/mol. The van der Waals surface area contributed by atoms with E-state index in [9.17, 15) is 29.2 Å². The van der Waals surface area contributed by atoms with Crippen molar-refractivity contribution in [2.24, 2.45) is 11.3 Å². The minimum Gasteiger partial charge on any atom is -0.550 e. The molecule has 2 bridgehead atoms. The molecule has 3 unspecified atom stereocenters. The normalized spacial score (nSPS) is 25.7. The van der Waals surface area contributed by atoms with E-state index in [1.165, 1.54) is 34.9 Å². The third kappa shape index (κ3) is 3.53. The maximum atomic E-state index is 13.1. The van der Waals surface area contributed by atoms with Crippen LogP contribution in [0.15, 0.2) is 24.3 Å². The van der Waals surface area contributed by atoms with Gasteiger partial charge in [0.2, 0.25) is 5.91 Å². The molecule has 2 aliphatic rings. The first kappa shape index (κ1) is 21.4. The Bertz CT molecular complexity index is 903. The molecule has 30 heavy (non-hydrogen) atoms. The molecule has 0 spiro atoms. The zero-order valence-corrected chi connectivity index (χ0v) is 16.9. The van der Waals surface area contributed by atoms with Gasteiger partial charge in [0.15, 0.2) is 11.0 Å². The lowest BCUT2D eigenvalue weighted by Crippen LogP contribution is -2.67. The van der Waals surface area contributed by atoms with E-state index in [-0.39, 0.29) is 37.3 Å². The van der Waals surface area contributed by atoms with E-state index in [0.29, 0.717) is 17.6 Å². The smallest absolute Gasteiger partial charge is 0.292 e. The molecule has 1 N–H and O–H groups in total. The second-order valence-corrected chi connectivity index (χ2v) is 7.66. The van der Waals surface area contributed by atoms with Crippen LogP contribution in [0.4, 0.5) is 5.69 Å². The van der Waals surface area contributed by atoms with Crippen LogP contribution in [0.2, 0.25) is 0 Å². The summed E-state index contributed by atoms with van der Waals surface area (Å²) in [6.45, 7) is 3.28. The fourth-order valence-electron chi connectivity index (χ4n) is 4.18. The number of hydrogen-bond donors (Lipinski definition) is 1. The lowest BCUT2D eigenvalue weighted by molar-refractivity contribution is -0.544. The van der Waals surface area contributed by atoms with Crippen molar-refractivity contribution in [3.63, 3.8) is 0 Å². The lowest BCUT2D eigenvalue weighted by atomic mass is 9.69. The number of aldehydes is 1. The first-order valence-electron chi connectivity index (χ1n) is 9.84. The Morgan fingerprint density at radius 2 is 2.17 bits per heavy atom. The van der Waals surface area contributed by atoms with Gasteiger partial charge in [0, 0.05) is 42.7 Å². The summed E-state index contributed by atoms with van der Waals surface area (Å²) in [5.41, 5.74) is 1.38. The van der Waals surface area contributed by atoms with Crippen molar-refractivity contribution in [3.05, 3.63) is 34.7 Å². The van der Waals surface area contributed by atoms with E-state index in [0.717, 1.165) is 0 Å². The number of nitroso groups, excluding NO2 is 1. The Labute approximate surface area is 173 Å². The van der Waals surface area contributed by atoms with Gasteiger partial charge in [-0.15, -0.1) is 5.43 Å². The molecule has 0 saturated carbocycles. The number of carbonyl (C=O) groups excluding carboxylic acids is 4. The van der Waals surface area contributed by atoms with Crippen LogP contribution in [0.25, 0.3) is 0 Å². The van der Waals surface area contributed by atoms with Crippen molar-refractivity contribution in [1.29, 1.82) is 0 Å². The Morgan fingerprint density at radius 3 is 2.80 bits per heavy atom. The van der Waals surface area contributed by atoms with Crippen LogP contribution < -0.4 is 10.5 Å². The van der Waals surface area contributed by atoms with Crippen LogP contribution in [-0.4, -0.2) is 64.5 Å². The number of carboxylic acids is 1. The molecule has 1 aromatic rings. The molecule has 0 aromatic heterocycles. The number of hydrogen-bond acceptors (Lipinski definition) is 6.